The summed E-state index contributed by atoms with van der Waals surface area (Å²) in [4.78, 5) is 0. The maximum absolute atomic E-state index is 9.54. The zero-order chi connectivity index (χ0) is 9.84. The van der Waals surface area contributed by atoms with Gasteiger partial charge < -0.3 is 16.6 Å². The Morgan fingerprint density at radius 2 is 2.15 bits per heavy atom. The van der Waals surface area contributed by atoms with Crippen molar-refractivity contribution < 1.29 is 5.11 Å². The molecule has 3 nitrogen and oxygen atoms in total. The lowest BCUT2D eigenvalue weighted by atomic mass is 9.98. The van der Waals surface area contributed by atoms with Crippen LogP contribution in [0.1, 0.15) is 24.1 Å². The molecule has 72 valence electrons. The third-order valence-electron chi connectivity index (χ3n) is 2.19. The van der Waals surface area contributed by atoms with Crippen LogP contribution in [-0.4, -0.2) is 11.7 Å². The van der Waals surface area contributed by atoms with Crippen LogP contribution in [0.25, 0.3) is 0 Å². The summed E-state index contributed by atoms with van der Waals surface area (Å²) < 4.78 is 0. The van der Waals surface area contributed by atoms with Gasteiger partial charge in [-0.3, -0.25) is 0 Å². The topological polar surface area (TPSA) is 72.3 Å². The highest BCUT2D eigenvalue weighted by Crippen LogP contribution is 2.24. The summed E-state index contributed by atoms with van der Waals surface area (Å²) in [6, 6.07) is 5.20. The van der Waals surface area contributed by atoms with Crippen LogP contribution in [-0.2, 0) is 6.42 Å². The maximum atomic E-state index is 9.54. The van der Waals surface area contributed by atoms with Crippen molar-refractivity contribution >= 4 is 0 Å². The number of phenols is 1. The molecule has 0 aliphatic heterocycles. The predicted molar refractivity (Wildman–Crippen MR) is 53.5 cm³/mol. The van der Waals surface area contributed by atoms with E-state index in [1.165, 1.54) is 0 Å². The molecule has 0 saturated heterocycles. The molecule has 0 unspecified atom stereocenters. The first-order valence-corrected chi connectivity index (χ1v) is 4.47. The number of nitrogens with two attached hydrogens (primary N) is 2. The van der Waals surface area contributed by atoms with Crippen LogP contribution in [0.3, 0.4) is 0 Å². The standard InChI is InChI=1S/C10H16N2O/c1-2-7-8(9(12)6-11)4-3-5-10(7)13/h3-5,9,13H,2,6,11-12H2,1H3/t9-/m1/s1. The lowest BCUT2D eigenvalue weighted by molar-refractivity contribution is 0.466. The number of benzene rings is 1. The monoisotopic (exact) mass is 180 g/mol. The Hall–Kier alpha value is -1.06. The van der Waals surface area contributed by atoms with Gasteiger partial charge in [-0.1, -0.05) is 19.1 Å². The van der Waals surface area contributed by atoms with E-state index in [4.69, 9.17) is 11.5 Å². The Morgan fingerprint density at radius 3 is 2.69 bits per heavy atom. The molecule has 0 aromatic heterocycles. The van der Waals surface area contributed by atoms with Crippen LogP contribution >= 0.6 is 0 Å². The fraction of sp³-hybridized carbons (Fsp3) is 0.400. The van der Waals surface area contributed by atoms with E-state index in [9.17, 15) is 5.11 Å². The molecule has 0 spiro atoms. The van der Waals surface area contributed by atoms with Gasteiger partial charge in [-0.2, -0.15) is 0 Å². The van der Waals surface area contributed by atoms with E-state index in [1.807, 2.05) is 13.0 Å². The van der Waals surface area contributed by atoms with Crippen molar-refractivity contribution in [1.29, 1.82) is 0 Å². The minimum Gasteiger partial charge on any atom is -0.508 e. The molecular formula is C10H16N2O. The maximum Gasteiger partial charge on any atom is 0.119 e. The van der Waals surface area contributed by atoms with Crippen LogP contribution < -0.4 is 11.5 Å². The smallest absolute Gasteiger partial charge is 0.119 e. The van der Waals surface area contributed by atoms with Crippen molar-refractivity contribution in [2.45, 2.75) is 19.4 Å². The summed E-state index contributed by atoms with van der Waals surface area (Å²) in [5.41, 5.74) is 13.1. The fourth-order valence-electron chi connectivity index (χ4n) is 1.45. The molecule has 0 radical (unpaired) electrons. The summed E-state index contributed by atoms with van der Waals surface area (Å²) in [6.07, 6.45) is 0.774. The summed E-state index contributed by atoms with van der Waals surface area (Å²) in [6.45, 7) is 2.39. The van der Waals surface area contributed by atoms with Gasteiger partial charge in [-0.05, 0) is 23.6 Å². The zero-order valence-corrected chi connectivity index (χ0v) is 7.83. The first-order valence-electron chi connectivity index (χ1n) is 4.47. The predicted octanol–water partition coefficient (Wildman–Crippen LogP) is 0.913. The molecule has 13 heavy (non-hydrogen) atoms. The molecule has 5 N–H and O–H groups in total. The minimum atomic E-state index is -0.179. The fourth-order valence-corrected chi connectivity index (χ4v) is 1.45. The second-order valence-electron chi connectivity index (χ2n) is 3.04. The van der Waals surface area contributed by atoms with Crippen LogP contribution in [0.2, 0.25) is 0 Å². The van der Waals surface area contributed by atoms with Crippen molar-refractivity contribution in [1.82, 2.24) is 0 Å². The Labute approximate surface area is 78.4 Å². The SMILES string of the molecule is CCc1c(O)cccc1[C@H](N)CN. The molecule has 1 atom stereocenters. The third kappa shape index (κ3) is 1.99. The van der Waals surface area contributed by atoms with Crippen LogP contribution in [0.4, 0.5) is 0 Å². The van der Waals surface area contributed by atoms with Gasteiger partial charge in [0.2, 0.25) is 0 Å². The van der Waals surface area contributed by atoms with E-state index in [2.05, 4.69) is 0 Å². The third-order valence-corrected chi connectivity index (χ3v) is 2.19. The summed E-state index contributed by atoms with van der Waals surface area (Å²) >= 11 is 0. The molecule has 0 bridgehead atoms. The molecule has 0 heterocycles. The Balaban J connectivity index is 3.12. The molecule has 0 aliphatic carbocycles. The number of hydrogen-bond acceptors (Lipinski definition) is 3. The Bertz CT molecular complexity index is 286. The quantitative estimate of drug-likeness (QED) is 0.647. The average molecular weight is 180 g/mol. The lowest BCUT2D eigenvalue weighted by Gasteiger charge is -2.14. The highest BCUT2D eigenvalue weighted by molar-refractivity contribution is 5.40. The van der Waals surface area contributed by atoms with Gasteiger partial charge in [-0.15, -0.1) is 0 Å². The molecule has 1 aromatic rings. The van der Waals surface area contributed by atoms with Gasteiger partial charge in [0.1, 0.15) is 5.75 Å². The summed E-state index contributed by atoms with van der Waals surface area (Å²) in [5, 5.41) is 9.54. The molecule has 1 aromatic carbocycles. The summed E-state index contributed by atoms with van der Waals surface area (Å²) in [7, 11) is 0. The lowest BCUT2D eigenvalue weighted by Crippen LogP contribution is -2.21. The van der Waals surface area contributed by atoms with Gasteiger partial charge in [0.15, 0.2) is 0 Å². The molecule has 3 heteroatoms. The van der Waals surface area contributed by atoms with Gasteiger partial charge >= 0.3 is 0 Å². The van der Waals surface area contributed by atoms with Crippen LogP contribution in [0, 0.1) is 0 Å². The van der Waals surface area contributed by atoms with E-state index in [0.717, 1.165) is 17.5 Å². The van der Waals surface area contributed by atoms with Gasteiger partial charge in [0.05, 0.1) is 0 Å². The molecule has 0 aliphatic rings. The van der Waals surface area contributed by atoms with Gasteiger partial charge in [0, 0.05) is 12.6 Å². The van der Waals surface area contributed by atoms with Crippen LogP contribution in [0.15, 0.2) is 18.2 Å². The number of aromatic hydroxyl groups is 1. The van der Waals surface area contributed by atoms with E-state index in [-0.39, 0.29) is 6.04 Å². The van der Waals surface area contributed by atoms with Crippen molar-refractivity contribution in [2.24, 2.45) is 11.5 Å². The van der Waals surface area contributed by atoms with E-state index < -0.39 is 0 Å². The van der Waals surface area contributed by atoms with Crippen molar-refractivity contribution in [3.05, 3.63) is 29.3 Å². The van der Waals surface area contributed by atoms with Gasteiger partial charge in [-0.25, -0.2) is 0 Å². The summed E-state index contributed by atoms with van der Waals surface area (Å²) in [5.74, 6) is 0.309. The van der Waals surface area contributed by atoms with Crippen molar-refractivity contribution in [3.8, 4) is 5.75 Å². The zero-order valence-electron chi connectivity index (χ0n) is 7.83. The number of phenolic OH excluding ortho intramolecular Hbond substituents is 1. The van der Waals surface area contributed by atoms with E-state index in [1.54, 1.807) is 12.1 Å². The van der Waals surface area contributed by atoms with E-state index in [0.29, 0.717) is 12.3 Å². The Kier molecular flexibility index (Phi) is 3.28. The minimum absolute atomic E-state index is 0.179. The second-order valence-corrected chi connectivity index (χ2v) is 3.04. The molecule has 0 saturated carbocycles. The van der Waals surface area contributed by atoms with Crippen molar-refractivity contribution in [2.75, 3.05) is 6.54 Å². The second kappa shape index (κ2) is 4.25. The normalized spacial score (nSPS) is 12.8. The first-order chi connectivity index (χ1) is 6.20. The number of rotatable bonds is 3. The molecular weight excluding hydrogens is 164 g/mol. The largest absolute Gasteiger partial charge is 0.508 e. The number of hydrogen-bond donors (Lipinski definition) is 3. The highest BCUT2D eigenvalue weighted by Gasteiger charge is 2.10. The van der Waals surface area contributed by atoms with Crippen molar-refractivity contribution in [3.63, 3.8) is 0 Å². The average Bonchev–Trinajstić information content (AvgIpc) is 2.16. The molecule has 1 rings (SSSR count). The first kappa shape index (κ1) is 10.0. The molecule has 0 amide bonds. The molecule has 0 fully saturated rings. The van der Waals surface area contributed by atoms with Crippen LogP contribution in [0.5, 0.6) is 5.75 Å². The van der Waals surface area contributed by atoms with Gasteiger partial charge in [0.25, 0.3) is 0 Å². The Morgan fingerprint density at radius 1 is 1.46 bits per heavy atom. The van der Waals surface area contributed by atoms with E-state index >= 15 is 0 Å². The highest BCUT2D eigenvalue weighted by atomic mass is 16.3.